The molecule has 0 bridgehead atoms. The van der Waals surface area contributed by atoms with E-state index in [2.05, 4.69) is 15.0 Å². The van der Waals surface area contributed by atoms with Crippen molar-refractivity contribution in [3.63, 3.8) is 0 Å². The number of carbonyl (C=O) groups is 2. The topological polar surface area (TPSA) is 99.2 Å². The summed E-state index contributed by atoms with van der Waals surface area (Å²) < 4.78 is 0. The van der Waals surface area contributed by atoms with Gasteiger partial charge in [0.25, 0.3) is 5.91 Å². The van der Waals surface area contributed by atoms with E-state index in [9.17, 15) is 14.7 Å². The Labute approximate surface area is 147 Å². The molecule has 25 heavy (non-hydrogen) atoms. The molecule has 4 rings (SSSR count). The summed E-state index contributed by atoms with van der Waals surface area (Å²) in [6.07, 6.45) is 6.26. The molecule has 0 unspecified atom stereocenters. The molecule has 8 heteroatoms. The summed E-state index contributed by atoms with van der Waals surface area (Å²) in [5.41, 5.74) is 1.41. The standard InChI is InChI=1S/C17H16N4O3S/c22-16(21-6-2-1-3-7-21)13-5-4-12(25-13)11-9-19-15-14(20-11)10(8-18-15)17(23)24/h4-5,8-9H,1-3,6-7H2,(H,18,19)(H,23,24). The van der Waals surface area contributed by atoms with Crippen LogP contribution in [0.1, 0.15) is 39.3 Å². The molecule has 1 fully saturated rings. The van der Waals surface area contributed by atoms with Gasteiger partial charge in [0.1, 0.15) is 11.1 Å². The van der Waals surface area contributed by atoms with Gasteiger partial charge in [-0.25, -0.2) is 14.8 Å². The largest absolute Gasteiger partial charge is 0.478 e. The van der Waals surface area contributed by atoms with Crippen LogP contribution in [0, 0.1) is 0 Å². The van der Waals surface area contributed by atoms with E-state index in [0.717, 1.165) is 30.8 Å². The van der Waals surface area contributed by atoms with E-state index in [1.165, 1.54) is 24.0 Å². The second kappa shape index (κ2) is 6.29. The molecule has 4 heterocycles. The third-order valence-electron chi connectivity index (χ3n) is 4.32. The number of carbonyl (C=O) groups excluding carboxylic acids is 1. The number of aromatic carboxylic acids is 1. The van der Waals surface area contributed by atoms with E-state index < -0.39 is 5.97 Å². The van der Waals surface area contributed by atoms with Gasteiger partial charge in [-0.2, -0.15) is 0 Å². The van der Waals surface area contributed by atoms with Crippen molar-refractivity contribution in [2.24, 2.45) is 0 Å². The fraction of sp³-hybridized carbons (Fsp3) is 0.294. The van der Waals surface area contributed by atoms with Crippen LogP contribution in [-0.4, -0.2) is 49.9 Å². The maximum atomic E-state index is 12.6. The summed E-state index contributed by atoms with van der Waals surface area (Å²) in [7, 11) is 0. The molecule has 0 saturated carbocycles. The number of nitrogens with one attached hydrogen (secondary N) is 1. The number of rotatable bonds is 3. The normalized spacial score (nSPS) is 14.8. The Kier molecular flexibility index (Phi) is 3.96. The van der Waals surface area contributed by atoms with Gasteiger partial charge in [0, 0.05) is 19.3 Å². The summed E-state index contributed by atoms with van der Waals surface area (Å²) in [5.74, 6) is -0.997. The van der Waals surface area contributed by atoms with Gasteiger partial charge < -0.3 is 15.0 Å². The molecule has 1 saturated heterocycles. The van der Waals surface area contributed by atoms with Gasteiger partial charge in [-0.1, -0.05) is 0 Å². The molecule has 0 atom stereocenters. The zero-order chi connectivity index (χ0) is 17.4. The van der Waals surface area contributed by atoms with Crippen molar-refractivity contribution in [3.8, 4) is 10.6 Å². The van der Waals surface area contributed by atoms with E-state index in [-0.39, 0.29) is 11.5 Å². The first-order valence-electron chi connectivity index (χ1n) is 8.10. The number of piperidine rings is 1. The molecule has 0 aliphatic carbocycles. The monoisotopic (exact) mass is 356 g/mol. The maximum Gasteiger partial charge on any atom is 0.339 e. The molecule has 0 spiro atoms. The number of amides is 1. The lowest BCUT2D eigenvalue weighted by Crippen LogP contribution is -2.35. The molecule has 128 valence electrons. The lowest BCUT2D eigenvalue weighted by molar-refractivity contribution is 0.0696. The number of carboxylic acids is 1. The minimum absolute atomic E-state index is 0.0536. The second-order valence-corrected chi connectivity index (χ2v) is 7.06. The van der Waals surface area contributed by atoms with Gasteiger partial charge in [-0.15, -0.1) is 11.3 Å². The van der Waals surface area contributed by atoms with Crippen molar-refractivity contribution in [3.05, 3.63) is 35.0 Å². The van der Waals surface area contributed by atoms with Crippen LogP contribution in [0.15, 0.2) is 24.5 Å². The van der Waals surface area contributed by atoms with Crippen LogP contribution in [0.3, 0.4) is 0 Å². The van der Waals surface area contributed by atoms with Crippen LogP contribution in [0.2, 0.25) is 0 Å². The van der Waals surface area contributed by atoms with Crippen LogP contribution in [0.4, 0.5) is 0 Å². The minimum Gasteiger partial charge on any atom is -0.478 e. The Morgan fingerprint density at radius 2 is 2.00 bits per heavy atom. The molecule has 0 aromatic carbocycles. The number of hydrogen-bond donors (Lipinski definition) is 2. The van der Waals surface area contributed by atoms with Crippen LogP contribution in [-0.2, 0) is 0 Å². The third kappa shape index (κ3) is 2.89. The first kappa shape index (κ1) is 15.8. The molecule has 1 aliphatic rings. The number of thiophene rings is 1. The molecule has 7 nitrogen and oxygen atoms in total. The van der Waals surface area contributed by atoms with Gasteiger partial charge in [0.15, 0.2) is 5.65 Å². The second-order valence-electron chi connectivity index (χ2n) is 5.98. The number of aromatic nitrogens is 3. The van der Waals surface area contributed by atoms with Crippen molar-refractivity contribution in [1.29, 1.82) is 0 Å². The number of aromatic amines is 1. The Morgan fingerprint density at radius 3 is 2.76 bits per heavy atom. The lowest BCUT2D eigenvalue weighted by Gasteiger charge is -2.26. The number of nitrogens with zero attached hydrogens (tertiary/aromatic N) is 3. The van der Waals surface area contributed by atoms with Crippen molar-refractivity contribution < 1.29 is 14.7 Å². The molecule has 0 radical (unpaired) electrons. The molecule has 1 amide bonds. The summed E-state index contributed by atoms with van der Waals surface area (Å²) in [6.45, 7) is 1.62. The summed E-state index contributed by atoms with van der Waals surface area (Å²) >= 11 is 1.36. The highest BCUT2D eigenvalue weighted by atomic mass is 32.1. The fourth-order valence-electron chi connectivity index (χ4n) is 3.02. The average Bonchev–Trinajstić information content (AvgIpc) is 3.28. The van der Waals surface area contributed by atoms with Crippen LogP contribution in [0.5, 0.6) is 0 Å². The van der Waals surface area contributed by atoms with Gasteiger partial charge in [0.2, 0.25) is 0 Å². The lowest BCUT2D eigenvalue weighted by atomic mass is 10.1. The Hall–Kier alpha value is -2.74. The summed E-state index contributed by atoms with van der Waals surface area (Å²) in [4.78, 5) is 38.7. The average molecular weight is 356 g/mol. The first-order chi connectivity index (χ1) is 12.1. The summed E-state index contributed by atoms with van der Waals surface area (Å²) in [5, 5.41) is 9.22. The predicted octanol–water partition coefficient (Wildman–Crippen LogP) is 3.01. The van der Waals surface area contributed by atoms with Gasteiger partial charge in [0.05, 0.1) is 21.6 Å². The van der Waals surface area contributed by atoms with Crippen molar-refractivity contribution in [2.45, 2.75) is 19.3 Å². The molecule has 3 aromatic heterocycles. The molecular weight excluding hydrogens is 340 g/mol. The highest BCUT2D eigenvalue weighted by Crippen LogP contribution is 2.29. The SMILES string of the molecule is O=C(O)c1c[nH]c2ncc(-c3ccc(C(=O)N4CCCCC4)s3)nc12. The van der Waals surface area contributed by atoms with Crippen LogP contribution >= 0.6 is 11.3 Å². The number of carboxylic acid groups (broad SMARTS) is 1. The van der Waals surface area contributed by atoms with E-state index in [1.807, 2.05) is 11.0 Å². The number of likely N-dealkylation sites (tertiary alicyclic amines) is 1. The summed E-state index contributed by atoms with van der Waals surface area (Å²) in [6, 6.07) is 3.64. The fourth-order valence-corrected chi connectivity index (χ4v) is 3.94. The minimum atomic E-state index is -1.05. The molecule has 2 N–H and O–H groups in total. The van der Waals surface area contributed by atoms with E-state index in [1.54, 1.807) is 12.3 Å². The van der Waals surface area contributed by atoms with E-state index in [4.69, 9.17) is 0 Å². The Morgan fingerprint density at radius 1 is 1.20 bits per heavy atom. The van der Waals surface area contributed by atoms with E-state index >= 15 is 0 Å². The van der Waals surface area contributed by atoms with Crippen molar-refractivity contribution in [1.82, 2.24) is 19.9 Å². The highest BCUT2D eigenvalue weighted by molar-refractivity contribution is 7.17. The van der Waals surface area contributed by atoms with Crippen molar-refractivity contribution >= 4 is 34.4 Å². The predicted molar refractivity (Wildman–Crippen MR) is 93.9 cm³/mol. The van der Waals surface area contributed by atoms with E-state index in [0.29, 0.717) is 21.7 Å². The molecular formula is C17H16N4O3S. The zero-order valence-electron chi connectivity index (χ0n) is 13.4. The smallest absolute Gasteiger partial charge is 0.339 e. The third-order valence-corrected chi connectivity index (χ3v) is 5.42. The Balaban J connectivity index is 1.65. The van der Waals surface area contributed by atoms with Crippen LogP contribution < -0.4 is 0 Å². The molecule has 1 aliphatic heterocycles. The first-order valence-corrected chi connectivity index (χ1v) is 8.92. The van der Waals surface area contributed by atoms with Crippen molar-refractivity contribution in [2.75, 3.05) is 13.1 Å². The maximum absolute atomic E-state index is 12.6. The highest BCUT2D eigenvalue weighted by Gasteiger charge is 2.21. The quantitative estimate of drug-likeness (QED) is 0.751. The van der Waals surface area contributed by atoms with Crippen LogP contribution in [0.25, 0.3) is 21.7 Å². The number of hydrogen-bond acceptors (Lipinski definition) is 5. The number of H-pyrrole nitrogens is 1. The Bertz CT molecular complexity index is 956. The zero-order valence-corrected chi connectivity index (χ0v) is 14.2. The molecule has 3 aromatic rings. The van der Waals surface area contributed by atoms with Gasteiger partial charge >= 0.3 is 5.97 Å². The van der Waals surface area contributed by atoms with Gasteiger partial charge in [-0.3, -0.25) is 4.79 Å². The number of fused-ring (bicyclic) bond motifs is 1. The van der Waals surface area contributed by atoms with Gasteiger partial charge in [-0.05, 0) is 31.4 Å².